The highest BCUT2D eigenvalue weighted by Gasteiger charge is 2.50. The van der Waals surface area contributed by atoms with Crippen LogP contribution in [-0.2, 0) is 21.0 Å². The zero-order valence-electron chi connectivity index (χ0n) is 24.2. The highest BCUT2D eigenvalue weighted by Crippen LogP contribution is 2.44. The molecular formula is C29H42F3N3O5S. The van der Waals surface area contributed by atoms with Gasteiger partial charge in [0.25, 0.3) is 0 Å². The molecule has 3 fully saturated rings. The lowest BCUT2D eigenvalue weighted by Crippen LogP contribution is -2.58. The fraction of sp³-hybridized carbons (Fsp3) is 0.724. The Labute approximate surface area is 240 Å². The average molecular weight is 602 g/mol. The summed E-state index contributed by atoms with van der Waals surface area (Å²) in [6.07, 6.45) is 0.754. The number of likely N-dealkylation sites (N-methyl/N-ethyl adjacent to an activating group) is 1. The Morgan fingerprint density at radius 1 is 1.00 bits per heavy atom. The lowest BCUT2D eigenvalue weighted by atomic mass is 9.64. The number of sulfonamides is 1. The maximum atomic E-state index is 13.9. The normalized spacial score (nSPS) is 25.9. The molecule has 5 atom stereocenters. The third kappa shape index (κ3) is 6.68. The van der Waals surface area contributed by atoms with Crippen molar-refractivity contribution in [2.75, 3.05) is 20.1 Å². The Bertz CT molecular complexity index is 1210. The van der Waals surface area contributed by atoms with E-state index in [-0.39, 0.29) is 59.0 Å². The summed E-state index contributed by atoms with van der Waals surface area (Å²) in [7, 11) is -2.57. The predicted octanol–water partition coefficient (Wildman–Crippen LogP) is 5.44. The largest absolute Gasteiger partial charge is 0.465 e. The summed E-state index contributed by atoms with van der Waals surface area (Å²) in [5, 5.41) is 13.1. The van der Waals surface area contributed by atoms with Crippen molar-refractivity contribution in [3.8, 4) is 0 Å². The molecule has 230 valence electrons. The molecule has 0 radical (unpaired) electrons. The van der Waals surface area contributed by atoms with Gasteiger partial charge in [-0.1, -0.05) is 52.9 Å². The topological polar surface area (TPSA) is 107 Å². The van der Waals surface area contributed by atoms with Gasteiger partial charge in [-0.15, -0.1) is 0 Å². The summed E-state index contributed by atoms with van der Waals surface area (Å²) >= 11 is 0. The zero-order valence-corrected chi connectivity index (χ0v) is 25.0. The van der Waals surface area contributed by atoms with Crippen molar-refractivity contribution in [1.82, 2.24) is 14.5 Å². The van der Waals surface area contributed by atoms with Gasteiger partial charge in [-0.2, -0.15) is 17.5 Å². The van der Waals surface area contributed by atoms with Crippen molar-refractivity contribution >= 4 is 22.0 Å². The number of nitrogens with zero attached hydrogens (tertiary/aromatic N) is 2. The van der Waals surface area contributed by atoms with Crippen LogP contribution in [0.15, 0.2) is 29.2 Å². The lowest BCUT2D eigenvalue weighted by Gasteiger charge is -2.45. The predicted molar refractivity (Wildman–Crippen MR) is 147 cm³/mol. The van der Waals surface area contributed by atoms with E-state index in [0.29, 0.717) is 12.8 Å². The van der Waals surface area contributed by atoms with E-state index in [9.17, 15) is 36.3 Å². The second-order valence-corrected chi connectivity index (χ2v) is 15.0. The van der Waals surface area contributed by atoms with E-state index in [4.69, 9.17) is 0 Å². The minimum absolute atomic E-state index is 0.00284. The van der Waals surface area contributed by atoms with Crippen molar-refractivity contribution in [2.45, 2.75) is 88.9 Å². The molecule has 1 heterocycles. The minimum atomic E-state index is -4.56. The van der Waals surface area contributed by atoms with E-state index in [0.717, 1.165) is 61.3 Å². The van der Waals surface area contributed by atoms with Crippen LogP contribution in [-0.4, -0.2) is 67.0 Å². The Balaban J connectivity index is 1.52. The number of amides is 2. The fourth-order valence-corrected chi connectivity index (χ4v) is 9.00. The molecule has 1 unspecified atom stereocenters. The first-order valence-electron chi connectivity index (χ1n) is 14.5. The molecule has 0 aromatic heterocycles. The summed E-state index contributed by atoms with van der Waals surface area (Å²) in [5.74, 6) is -0.497. The van der Waals surface area contributed by atoms with Crippen LogP contribution in [0, 0.1) is 29.1 Å². The maximum absolute atomic E-state index is 13.9. The zero-order chi connectivity index (χ0) is 30.3. The number of carboxylic acid groups (broad SMARTS) is 1. The molecule has 8 nitrogen and oxygen atoms in total. The highest BCUT2D eigenvalue weighted by atomic mass is 32.2. The number of benzene rings is 1. The van der Waals surface area contributed by atoms with Crippen LogP contribution in [0.1, 0.15) is 71.3 Å². The van der Waals surface area contributed by atoms with Gasteiger partial charge in [0, 0.05) is 26.2 Å². The molecule has 1 saturated heterocycles. The Morgan fingerprint density at radius 3 is 2.15 bits per heavy atom. The SMILES string of the molecule is CN(C(=O)O)[C@H](C(=O)N[C@H]1CC[C@@H]2CN(S(=O)(=O)c3ccc(C(F)(F)F)cc3)C[C@@H]21)C(C1CCCCC1)C(C)(C)C. The molecule has 2 N–H and O–H groups in total. The van der Waals surface area contributed by atoms with Crippen molar-refractivity contribution in [3.63, 3.8) is 0 Å². The molecule has 3 aliphatic rings. The first kappa shape index (κ1) is 31.6. The van der Waals surface area contributed by atoms with Crippen LogP contribution in [0.2, 0.25) is 0 Å². The quantitative estimate of drug-likeness (QED) is 0.433. The van der Waals surface area contributed by atoms with Gasteiger partial charge < -0.3 is 10.4 Å². The fourth-order valence-electron chi connectivity index (χ4n) is 7.46. The average Bonchev–Trinajstić information content (AvgIpc) is 3.48. The van der Waals surface area contributed by atoms with Crippen LogP contribution in [0.4, 0.5) is 18.0 Å². The Kier molecular flexibility index (Phi) is 9.05. The molecule has 2 amide bonds. The van der Waals surface area contributed by atoms with Gasteiger partial charge in [-0.05, 0) is 66.2 Å². The molecular weight excluding hydrogens is 559 g/mol. The maximum Gasteiger partial charge on any atom is 0.416 e. The number of halogens is 3. The van der Waals surface area contributed by atoms with Gasteiger partial charge >= 0.3 is 12.3 Å². The number of hydrogen-bond acceptors (Lipinski definition) is 4. The third-order valence-corrected chi connectivity index (χ3v) is 11.3. The van der Waals surface area contributed by atoms with Crippen molar-refractivity contribution in [3.05, 3.63) is 29.8 Å². The molecule has 12 heteroatoms. The second kappa shape index (κ2) is 11.7. The summed E-state index contributed by atoms with van der Waals surface area (Å²) < 4.78 is 66.8. The number of rotatable bonds is 7. The van der Waals surface area contributed by atoms with E-state index in [1.807, 2.05) is 0 Å². The molecule has 1 aromatic carbocycles. The highest BCUT2D eigenvalue weighted by molar-refractivity contribution is 7.89. The van der Waals surface area contributed by atoms with E-state index in [2.05, 4.69) is 26.1 Å². The number of carbonyl (C=O) groups excluding carboxylic acids is 1. The first-order chi connectivity index (χ1) is 19.0. The molecule has 1 aliphatic heterocycles. The minimum Gasteiger partial charge on any atom is -0.465 e. The van der Waals surface area contributed by atoms with E-state index in [1.165, 1.54) is 11.4 Å². The second-order valence-electron chi connectivity index (χ2n) is 13.1. The van der Waals surface area contributed by atoms with Gasteiger partial charge in [0.15, 0.2) is 0 Å². The summed E-state index contributed by atoms with van der Waals surface area (Å²) in [6.45, 7) is 6.52. The van der Waals surface area contributed by atoms with E-state index >= 15 is 0 Å². The Morgan fingerprint density at radius 2 is 1.61 bits per heavy atom. The number of nitrogens with one attached hydrogen (secondary N) is 1. The summed E-state index contributed by atoms with van der Waals surface area (Å²) in [6, 6.07) is 2.29. The van der Waals surface area contributed by atoms with Gasteiger partial charge in [-0.25, -0.2) is 13.2 Å². The molecule has 41 heavy (non-hydrogen) atoms. The number of carbonyl (C=O) groups is 2. The molecule has 4 rings (SSSR count). The van der Waals surface area contributed by atoms with E-state index < -0.39 is 33.9 Å². The first-order valence-corrected chi connectivity index (χ1v) is 15.9. The van der Waals surface area contributed by atoms with Crippen molar-refractivity contribution < 1.29 is 36.3 Å². The molecule has 2 aliphatic carbocycles. The molecule has 0 spiro atoms. The van der Waals surface area contributed by atoms with Crippen LogP contribution < -0.4 is 5.32 Å². The third-order valence-electron chi connectivity index (χ3n) is 9.46. The molecule has 2 saturated carbocycles. The van der Waals surface area contributed by atoms with Gasteiger partial charge in [-0.3, -0.25) is 9.69 Å². The number of alkyl halides is 3. The lowest BCUT2D eigenvalue weighted by molar-refractivity contribution is -0.137. The van der Waals surface area contributed by atoms with E-state index in [1.54, 1.807) is 0 Å². The standard InChI is InChI=1S/C29H42F3N3O5S/c1-28(2,3)24(18-8-6-5-7-9-18)25(34(4)27(37)38)26(36)33-23-15-10-19-16-35(17-22(19)23)41(39,40)21-13-11-20(12-14-21)29(30,31)32/h11-14,18-19,22-25H,5-10,15-17H2,1-4H3,(H,33,36)(H,37,38)/t19-,22+,23+,24?,25+/m1/s1. The van der Waals surface area contributed by atoms with Crippen molar-refractivity contribution in [1.29, 1.82) is 0 Å². The summed E-state index contributed by atoms with van der Waals surface area (Å²) in [4.78, 5) is 27.0. The Hall–Kier alpha value is -2.34. The number of hydrogen-bond donors (Lipinski definition) is 2. The molecule has 0 bridgehead atoms. The van der Waals surface area contributed by atoms with Crippen LogP contribution >= 0.6 is 0 Å². The smallest absolute Gasteiger partial charge is 0.416 e. The number of fused-ring (bicyclic) bond motifs is 1. The monoisotopic (exact) mass is 601 g/mol. The summed E-state index contributed by atoms with van der Waals surface area (Å²) in [5.41, 5.74) is -1.24. The van der Waals surface area contributed by atoms with Gasteiger partial charge in [0.1, 0.15) is 6.04 Å². The van der Waals surface area contributed by atoms with Gasteiger partial charge in [0.2, 0.25) is 15.9 Å². The molecule has 1 aromatic rings. The van der Waals surface area contributed by atoms with Crippen LogP contribution in [0.25, 0.3) is 0 Å². The van der Waals surface area contributed by atoms with Crippen LogP contribution in [0.5, 0.6) is 0 Å². The van der Waals surface area contributed by atoms with Crippen molar-refractivity contribution in [2.24, 2.45) is 29.1 Å². The van der Waals surface area contributed by atoms with Gasteiger partial charge in [0.05, 0.1) is 10.5 Å². The van der Waals surface area contributed by atoms with Crippen LogP contribution in [0.3, 0.4) is 0 Å².